The molecule has 1 heterocycles. The molecule has 1 amide bonds. The van der Waals surface area contributed by atoms with Crippen LogP contribution in [0.4, 0.5) is 0 Å². The van der Waals surface area contributed by atoms with Gasteiger partial charge in [0.25, 0.3) is 0 Å². The minimum absolute atomic E-state index is 0.228. The molecule has 0 aliphatic carbocycles. The zero-order chi connectivity index (χ0) is 57.9. The van der Waals surface area contributed by atoms with Gasteiger partial charge in [0, 0.05) is 6.42 Å². The molecule has 0 bridgehead atoms. The highest BCUT2D eigenvalue weighted by Crippen LogP contribution is 2.23. The Morgan fingerprint density at radius 3 is 1.20 bits per heavy atom. The third kappa shape index (κ3) is 46.7. The molecule has 1 aliphatic rings. The first-order valence-corrected chi connectivity index (χ1v) is 32.1. The van der Waals surface area contributed by atoms with Gasteiger partial charge in [-0.3, -0.25) is 4.79 Å². The van der Waals surface area contributed by atoms with E-state index >= 15 is 0 Å². The van der Waals surface area contributed by atoms with Crippen LogP contribution in [0.2, 0.25) is 0 Å². The monoisotopic (exact) mass is 1110 g/mol. The third-order valence-corrected chi connectivity index (χ3v) is 14.1. The Hall–Kier alpha value is -3.93. The van der Waals surface area contributed by atoms with Gasteiger partial charge in [0.05, 0.1) is 25.4 Å². The molecule has 0 spiro atoms. The molecule has 0 radical (unpaired) electrons. The fraction of sp³-hybridized carbons (Fsp3) is 0.648. The molecule has 1 fully saturated rings. The maximum atomic E-state index is 13.1. The van der Waals surface area contributed by atoms with Crippen LogP contribution in [0.25, 0.3) is 0 Å². The van der Waals surface area contributed by atoms with Gasteiger partial charge >= 0.3 is 0 Å². The number of amides is 1. The summed E-state index contributed by atoms with van der Waals surface area (Å²) in [5.74, 6) is -0.228. The maximum Gasteiger partial charge on any atom is 0.220 e. The van der Waals surface area contributed by atoms with Crippen molar-refractivity contribution in [1.82, 2.24) is 5.32 Å². The van der Waals surface area contributed by atoms with Crippen LogP contribution in [0.5, 0.6) is 0 Å². The van der Waals surface area contributed by atoms with Crippen LogP contribution in [0.15, 0.2) is 146 Å². The van der Waals surface area contributed by atoms with Gasteiger partial charge in [0.15, 0.2) is 6.29 Å². The van der Waals surface area contributed by atoms with E-state index in [0.29, 0.717) is 12.8 Å². The number of carbonyl (C=O) groups excluding carboxylic acids is 1. The molecule has 0 aromatic rings. The highest BCUT2D eigenvalue weighted by atomic mass is 16.7. The average molecular weight is 1110 g/mol. The van der Waals surface area contributed by atoms with E-state index in [9.17, 15) is 30.3 Å². The molecule has 0 aromatic carbocycles. The van der Waals surface area contributed by atoms with E-state index in [1.54, 1.807) is 6.08 Å². The van der Waals surface area contributed by atoms with Gasteiger partial charge in [-0.1, -0.05) is 262 Å². The van der Waals surface area contributed by atoms with E-state index in [0.717, 1.165) is 103 Å². The maximum absolute atomic E-state index is 13.1. The Morgan fingerprint density at radius 1 is 0.438 bits per heavy atom. The molecule has 6 N–H and O–H groups in total. The number of nitrogens with one attached hydrogen (secondary N) is 1. The Kier molecular flexibility index (Phi) is 54.0. The van der Waals surface area contributed by atoms with Crippen molar-refractivity contribution in [3.8, 4) is 0 Å². The normalized spacial score (nSPS) is 19.5. The summed E-state index contributed by atoms with van der Waals surface area (Å²) in [4.78, 5) is 13.1. The third-order valence-electron chi connectivity index (χ3n) is 14.1. The van der Waals surface area contributed by atoms with Crippen molar-refractivity contribution in [3.63, 3.8) is 0 Å². The lowest BCUT2D eigenvalue weighted by Crippen LogP contribution is -2.60. The number of unbranched alkanes of at least 4 members (excludes halogenated alkanes) is 21. The number of hydrogen-bond donors (Lipinski definition) is 6. The zero-order valence-electron chi connectivity index (χ0n) is 50.5. The summed E-state index contributed by atoms with van der Waals surface area (Å²) >= 11 is 0. The Morgan fingerprint density at radius 2 is 0.787 bits per heavy atom. The second kappa shape index (κ2) is 58.3. The number of carbonyl (C=O) groups is 1. The second-order valence-corrected chi connectivity index (χ2v) is 21.4. The van der Waals surface area contributed by atoms with Gasteiger partial charge in [-0.15, -0.1) is 0 Å². The summed E-state index contributed by atoms with van der Waals surface area (Å²) in [5, 5.41) is 54.6. The van der Waals surface area contributed by atoms with E-state index in [2.05, 4.69) is 153 Å². The number of allylic oxidation sites excluding steroid dienone is 23. The van der Waals surface area contributed by atoms with Crippen LogP contribution in [-0.2, 0) is 14.3 Å². The predicted octanol–water partition coefficient (Wildman–Crippen LogP) is 17.0. The molecule has 1 saturated heterocycles. The molecular weight excluding hydrogens is 995 g/mol. The summed E-state index contributed by atoms with van der Waals surface area (Å²) in [5.41, 5.74) is 0. The number of ether oxygens (including phenoxy) is 2. The molecule has 80 heavy (non-hydrogen) atoms. The first kappa shape index (κ1) is 74.1. The molecule has 9 nitrogen and oxygen atoms in total. The molecule has 454 valence electrons. The lowest BCUT2D eigenvalue weighted by atomic mass is 9.99. The second-order valence-electron chi connectivity index (χ2n) is 21.4. The quantitative estimate of drug-likeness (QED) is 0.0261. The Bertz CT molecular complexity index is 1770. The minimum atomic E-state index is -1.59. The van der Waals surface area contributed by atoms with Gasteiger partial charge in [-0.05, 0) is 116 Å². The molecule has 7 atom stereocenters. The Labute approximate surface area is 489 Å². The van der Waals surface area contributed by atoms with Crippen LogP contribution >= 0.6 is 0 Å². The first-order valence-electron chi connectivity index (χ1n) is 32.1. The highest BCUT2D eigenvalue weighted by Gasteiger charge is 2.44. The van der Waals surface area contributed by atoms with Crippen molar-refractivity contribution in [1.29, 1.82) is 0 Å². The number of aliphatic hydroxyl groups is 5. The number of aliphatic hydroxyl groups excluding tert-OH is 5. The summed E-state index contributed by atoms with van der Waals surface area (Å²) in [6.45, 7) is 3.63. The molecule has 9 heteroatoms. The van der Waals surface area contributed by atoms with Crippen molar-refractivity contribution < 1.29 is 39.8 Å². The SMILES string of the molecule is CC/C=C\C/C=C\C/C=C\C/C=C\C/C=C\C/C=C\C/C=C\C/C=C\C/C=C\CCCCCC(=O)NC(COC1OC(CO)C(O)C(O)C1O)C(O)/C=C/CC/C=C/CC/C=C/CCCCCCCCCCCCCCCCCC. The van der Waals surface area contributed by atoms with Crippen LogP contribution in [0.1, 0.15) is 239 Å². The van der Waals surface area contributed by atoms with Crippen molar-refractivity contribution in [3.05, 3.63) is 146 Å². The molecule has 7 unspecified atom stereocenters. The first-order chi connectivity index (χ1) is 39.3. The fourth-order valence-corrected chi connectivity index (χ4v) is 9.12. The molecular formula is C71H117NO8. The van der Waals surface area contributed by atoms with Gasteiger partial charge in [-0.25, -0.2) is 0 Å². The summed E-state index contributed by atoms with van der Waals surface area (Å²) < 4.78 is 11.3. The van der Waals surface area contributed by atoms with Crippen molar-refractivity contribution in [2.45, 2.75) is 281 Å². The molecule has 0 saturated carbocycles. The van der Waals surface area contributed by atoms with Gasteiger partial charge < -0.3 is 40.3 Å². The van der Waals surface area contributed by atoms with Crippen LogP contribution in [-0.4, -0.2) is 87.5 Å². The summed E-state index contributed by atoms with van der Waals surface area (Å²) in [6, 6.07) is -0.860. The number of hydrogen-bond acceptors (Lipinski definition) is 8. The van der Waals surface area contributed by atoms with E-state index in [1.807, 2.05) is 6.08 Å². The van der Waals surface area contributed by atoms with Gasteiger partial charge in [0.1, 0.15) is 24.4 Å². The van der Waals surface area contributed by atoms with E-state index < -0.39 is 49.5 Å². The largest absolute Gasteiger partial charge is 0.394 e. The minimum Gasteiger partial charge on any atom is -0.394 e. The highest BCUT2D eigenvalue weighted by molar-refractivity contribution is 5.76. The smallest absolute Gasteiger partial charge is 0.220 e. The molecule has 1 aliphatic heterocycles. The zero-order valence-corrected chi connectivity index (χ0v) is 50.5. The van der Waals surface area contributed by atoms with Crippen molar-refractivity contribution in [2.24, 2.45) is 0 Å². The summed E-state index contributed by atoms with van der Waals surface area (Å²) in [6.07, 6.45) is 83.5. The van der Waals surface area contributed by atoms with Gasteiger partial charge in [0.2, 0.25) is 5.91 Å². The van der Waals surface area contributed by atoms with Crippen molar-refractivity contribution >= 4 is 5.91 Å². The molecule has 0 aromatic heterocycles. The lowest BCUT2D eigenvalue weighted by molar-refractivity contribution is -0.302. The lowest BCUT2D eigenvalue weighted by Gasteiger charge is -2.40. The van der Waals surface area contributed by atoms with Gasteiger partial charge in [-0.2, -0.15) is 0 Å². The predicted molar refractivity (Wildman–Crippen MR) is 340 cm³/mol. The average Bonchev–Trinajstić information content (AvgIpc) is 3.46. The number of rotatable bonds is 53. The van der Waals surface area contributed by atoms with E-state index in [1.165, 1.54) is 103 Å². The van der Waals surface area contributed by atoms with E-state index in [-0.39, 0.29) is 18.9 Å². The standard InChI is InChI=1S/C71H117NO8/c1-3-5-7-9-11-13-15-17-19-21-23-25-27-29-31-32-33-34-35-37-39-41-43-45-47-49-51-53-55-57-59-61-67(75)72-64(63-79-71-70(78)69(77)68(76)66(62-73)80-71)65(74)60-58-56-54-52-50-48-46-44-42-40-38-36-30-28-26-24-22-20-18-16-14-12-10-8-6-4-2/h5,7,11,13,17,19,23,25,29,31,33-34,37,39,42-45,49-52,58,60,64-66,68-71,73-74,76-78H,3-4,6,8-10,12,14-16,18,20-22,24,26-28,30,32,35-36,38,40-41,46-48,53-57,59,61-63H2,1-2H3,(H,72,75)/b7-5-,13-11-,19-17-,25-23-,31-29-,34-33-,39-37-,44-42+,45-43-,51-49-,52-50+,60-58+. The van der Waals surface area contributed by atoms with E-state index in [4.69, 9.17) is 9.47 Å². The molecule has 1 rings (SSSR count). The van der Waals surface area contributed by atoms with Crippen LogP contribution < -0.4 is 5.32 Å². The van der Waals surface area contributed by atoms with Crippen LogP contribution in [0.3, 0.4) is 0 Å². The van der Waals surface area contributed by atoms with Crippen LogP contribution in [0, 0.1) is 0 Å². The Balaban J connectivity index is 2.28. The van der Waals surface area contributed by atoms with Crippen molar-refractivity contribution in [2.75, 3.05) is 13.2 Å². The topological polar surface area (TPSA) is 149 Å². The fourth-order valence-electron chi connectivity index (χ4n) is 9.12. The summed E-state index contributed by atoms with van der Waals surface area (Å²) in [7, 11) is 0.